The molecule has 1 fully saturated rings. The number of alkyl halides is 3. The molecular formula is C16H16ClF3N2O. The molecule has 1 aliphatic rings. The first-order valence-electron chi connectivity index (χ1n) is 7.04. The molecule has 1 aromatic rings. The molecule has 3 nitrogen and oxygen atoms in total. The van der Waals surface area contributed by atoms with E-state index in [1.807, 2.05) is 0 Å². The lowest BCUT2D eigenvalue weighted by molar-refractivity contribution is -0.160. The summed E-state index contributed by atoms with van der Waals surface area (Å²) in [6.45, 7) is 8.72. The molecule has 1 aromatic carbocycles. The van der Waals surface area contributed by atoms with Crippen molar-refractivity contribution in [3.8, 4) is 0 Å². The second-order valence-electron chi connectivity index (χ2n) is 5.42. The summed E-state index contributed by atoms with van der Waals surface area (Å²) in [5, 5.41) is 4.44. The molecule has 0 N–H and O–H groups in total. The van der Waals surface area contributed by atoms with Crippen LogP contribution in [0.5, 0.6) is 0 Å². The van der Waals surface area contributed by atoms with Crippen molar-refractivity contribution in [2.24, 2.45) is 5.10 Å². The van der Waals surface area contributed by atoms with Gasteiger partial charge in [-0.25, -0.2) is 5.01 Å². The minimum absolute atomic E-state index is 0.0411. The van der Waals surface area contributed by atoms with Crippen LogP contribution < -0.4 is 0 Å². The van der Waals surface area contributed by atoms with Crippen LogP contribution in [-0.4, -0.2) is 23.8 Å². The monoisotopic (exact) mass is 344 g/mol. The minimum atomic E-state index is -4.44. The average molecular weight is 345 g/mol. The van der Waals surface area contributed by atoms with Gasteiger partial charge in [0.05, 0.1) is 16.0 Å². The zero-order valence-corrected chi connectivity index (χ0v) is 13.3. The SMILES string of the molecule is C=NN(C(=C)CC)C(=O)c1c(Cl)cccc1C1(C(F)(F)F)CC1. The third-order valence-electron chi connectivity index (χ3n) is 4.08. The fraction of sp³-hybridized carbons (Fsp3) is 0.375. The van der Waals surface area contributed by atoms with Crippen LogP contribution in [0.25, 0.3) is 0 Å². The van der Waals surface area contributed by atoms with E-state index in [1.54, 1.807) is 6.92 Å². The topological polar surface area (TPSA) is 32.7 Å². The van der Waals surface area contributed by atoms with E-state index in [4.69, 9.17) is 11.6 Å². The maximum Gasteiger partial charge on any atom is 0.398 e. The Bertz CT molecular complexity index is 666. The van der Waals surface area contributed by atoms with Crippen molar-refractivity contribution in [3.63, 3.8) is 0 Å². The van der Waals surface area contributed by atoms with Gasteiger partial charge >= 0.3 is 6.18 Å². The van der Waals surface area contributed by atoms with E-state index >= 15 is 0 Å². The van der Waals surface area contributed by atoms with Gasteiger partial charge in [-0.3, -0.25) is 4.79 Å². The van der Waals surface area contributed by atoms with Gasteiger partial charge in [0.1, 0.15) is 0 Å². The molecule has 0 atom stereocenters. The summed E-state index contributed by atoms with van der Waals surface area (Å²) in [4.78, 5) is 12.7. The second kappa shape index (κ2) is 6.00. The Labute approximate surface area is 137 Å². The maximum atomic E-state index is 13.4. The summed E-state index contributed by atoms with van der Waals surface area (Å²) in [7, 11) is 0. The van der Waals surface area contributed by atoms with Crippen molar-refractivity contribution in [1.82, 2.24) is 5.01 Å². The van der Waals surface area contributed by atoms with Crippen molar-refractivity contribution < 1.29 is 18.0 Å². The van der Waals surface area contributed by atoms with Gasteiger partial charge in [-0.1, -0.05) is 37.2 Å². The number of nitrogens with zero attached hydrogens (tertiary/aromatic N) is 2. The van der Waals surface area contributed by atoms with Gasteiger partial charge in [0.2, 0.25) is 0 Å². The van der Waals surface area contributed by atoms with Crippen LogP contribution in [0.15, 0.2) is 35.6 Å². The number of halogens is 4. The molecule has 124 valence electrons. The number of hydrogen-bond acceptors (Lipinski definition) is 2. The third-order valence-corrected chi connectivity index (χ3v) is 4.39. The Morgan fingerprint density at radius 2 is 2.04 bits per heavy atom. The molecule has 0 heterocycles. The van der Waals surface area contributed by atoms with Crippen molar-refractivity contribution in [3.05, 3.63) is 46.6 Å². The zero-order valence-electron chi connectivity index (χ0n) is 12.6. The molecule has 0 saturated heterocycles. The minimum Gasteiger partial charge on any atom is -0.267 e. The molecule has 1 aliphatic carbocycles. The summed E-state index contributed by atoms with van der Waals surface area (Å²) in [5.41, 5.74) is -1.98. The van der Waals surface area contributed by atoms with Gasteiger partial charge < -0.3 is 0 Å². The molecule has 2 rings (SSSR count). The number of hydrazone groups is 1. The first-order valence-corrected chi connectivity index (χ1v) is 7.42. The molecule has 23 heavy (non-hydrogen) atoms. The van der Waals surface area contributed by atoms with Crippen LogP contribution in [0.3, 0.4) is 0 Å². The Morgan fingerprint density at radius 1 is 1.43 bits per heavy atom. The fourth-order valence-corrected chi connectivity index (χ4v) is 2.79. The number of carbonyl (C=O) groups excluding carboxylic acids is 1. The van der Waals surface area contributed by atoms with E-state index < -0.39 is 17.5 Å². The van der Waals surface area contributed by atoms with Crippen molar-refractivity contribution in [1.29, 1.82) is 0 Å². The standard InChI is InChI=1S/C16H16ClF3N2O/c1-4-10(2)22(21-3)14(23)13-11(6-5-7-12(13)17)15(8-9-15)16(18,19)20/h5-7H,2-4,8-9H2,1H3. The quantitative estimate of drug-likeness (QED) is 0.551. The molecule has 0 unspecified atom stereocenters. The number of benzene rings is 1. The Kier molecular flexibility index (Phi) is 4.57. The van der Waals surface area contributed by atoms with E-state index in [2.05, 4.69) is 18.4 Å². The first-order chi connectivity index (χ1) is 10.7. The predicted molar refractivity (Wildman–Crippen MR) is 83.6 cm³/mol. The summed E-state index contributed by atoms with van der Waals surface area (Å²) in [5.74, 6) is -0.747. The molecule has 1 amide bonds. The molecule has 0 spiro atoms. The van der Waals surface area contributed by atoms with Gasteiger partial charge in [0, 0.05) is 12.4 Å². The third kappa shape index (κ3) is 2.87. The van der Waals surface area contributed by atoms with E-state index in [9.17, 15) is 18.0 Å². The largest absolute Gasteiger partial charge is 0.398 e. The second-order valence-corrected chi connectivity index (χ2v) is 5.83. The van der Waals surface area contributed by atoms with Gasteiger partial charge in [0.25, 0.3) is 5.91 Å². The highest BCUT2D eigenvalue weighted by atomic mass is 35.5. The Balaban J connectivity index is 2.58. The van der Waals surface area contributed by atoms with Gasteiger partial charge in [-0.15, -0.1) is 0 Å². The summed E-state index contributed by atoms with van der Waals surface area (Å²) >= 11 is 6.05. The molecule has 0 bridgehead atoms. The normalized spacial score (nSPS) is 15.9. The summed E-state index contributed by atoms with van der Waals surface area (Å²) in [6, 6.07) is 4.11. The predicted octanol–water partition coefficient (Wildman–Crippen LogP) is 4.92. The molecular weight excluding hydrogens is 329 g/mol. The van der Waals surface area contributed by atoms with Crippen LogP contribution >= 0.6 is 11.6 Å². The van der Waals surface area contributed by atoms with Crippen LogP contribution in [0.2, 0.25) is 5.02 Å². The van der Waals surface area contributed by atoms with E-state index in [0.717, 1.165) is 5.01 Å². The van der Waals surface area contributed by atoms with Crippen molar-refractivity contribution in [2.75, 3.05) is 0 Å². The number of hydrogen-bond donors (Lipinski definition) is 0. The molecule has 0 aromatic heterocycles. The highest BCUT2D eigenvalue weighted by Crippen LogP contribution is 2.60. The number of allylic oxidation sites excluding steroid dienone is 1. The number of rotatable bonds is 5. The van der Waals surface area contributed by atoms with Crippen molar-refractivity contribution in [2.45, 2.75) is 37.8 Å². The van der Waals surface area contributed by atoms with Crippen LogP contribution in [0.4, 0.5) is 13.2 Å². The van der Waals surface area contributed by atoms with E-state index in [-0.39, 0.29) is 29.0 Å². The van der Waals surface area contributed by atoms with E-state index in [0.29, 0.717) is 12.1 Å². The zero-order chi connectivity index (χ0) is 17.4. The van der Waals surface area contributed by atoms with Crippen molar-refractivity contribution >= 4 is 24.2 Å². The van der Waals surface area contributed by atoms with Crippen LogP contribution in [0, 0.1) is 0 Å². The summed E-state index contributed by atoms with van der Waals surface area (Å²) < 4.78 is 40.3. The lowest BCUT2D eigenvalue weighted by Gasteiger charge is -2.25. The Hall–Kier alpha value is -1.82. The average Bonchev–Trinajstić information content (AvgIpc) is 3.28. The van der Waals surface area contributed by atoms with Gasteiger partial charge in [0.15, 0.2) is 0 Å². The Morgan fingerprint density at radius 3 is 2.48 bits per heavy atom. The number of carbonyl (C=O) groups is 1. The molecule has 1 saturated carbocycles. The lowest BCUT2D eigenvalue weighted by Crippen LogP contribution is -2.33. The smallest absolute Gasteiger partial charge is 0.267 e. The molecule has 0 radical (unpaired) electrons. The summed E-state index contributed by atoms with van der Waals surface area (Å²) in [6.07, 6.45) is -4.17. The van der Waals surface area contributed by atoms with Crippen LogP contribution in [0.1, 0.15) is 42.1 Å². The number of amides is 1. The first kappa shape index (κ1) is 17.5. The van der Waals surface area contributed by atoms with Crippen LogP contribution in [-0.2, 0) is 5.41 Å². The highest BCUT2D eigenvalue weighted by Gasteiger charge is 2.65. The maximum absolute atomic E-state index is 13.4. The van der Waals surface area contributed by atoms with E-state index in [1.165, 1.54) is 18.2 Å². The van der Waals surface area contributed by atoms with Gasteiger partial charge in [-0.2, -0.15) is 18.3 Å². The van der Waals surface area contributed by atoms with Gasteiger partial charge in [-0.05, 0) is 30.9 Å². The highest BCUT2D eigenvalue weighted by molar-refractivity contribution is 6.34. The fourth-order valence-electron chi connectivity index (χ4n) is 2.53. The molecule has 7 heteroatoms. The molecule has 0 aliphatic heterocycles. The lowest BCUT2D eigenvalue weighted by atomic mass is 9.90.